The van der Waals surface area contributed by atoms with Gasteiger partial charge in [0.2, 0.25) is 5.91 Å². The number of rotatable bonds is 62. The highest BCUT2D eigenvalue weighted by Crippen LogP contribution is 2.38. The predicted octanol–water partition coefficient (Wildman–Crippen LogP) is 20.3. The molecule has 1 N–H and O–H groups in total. The van der Waals surface area contributed by atoms with Gasteiger partial charge in [0, 0.05) is 12.8 Å². The number of ether oxygens (including phenoxy) is 1. The first-order valence-electron chi connectivity index (χ1n) is 33.6. The number of hydrogen-bond donors (Lipinski definition) is 1. The third kappa shape index (κ3) is 58.9. The monoisotopic (exact) mass is 1110 g/mol. The van der Waals surface area contributed by atoms with Gasteiger partial charge in [-0.1, -0.05) is 296 Å². The Bertz CT molecular complexity index is 1370. The van der Waals surface area contributed by atoms with Crippen molar-refractivity contribution in [2.45, 2.75) is 354 Å². The van der Waals surface area contributed by atoms with Gasteiger partial charge in [-0.3, -0.25) is 14.2 Å². The Morgan fingerprint density at radius 2 is 0.753 bits per heavy atom. The number of hydrogen-bond acceptors (Lipinski definition) is 7. The van der Waals surface area contributed by atoms with Gasteiger partial charge in [0.05, 0.1) is 33.8 Å². The van der Waals surface area contributed by atoms with Crippen molar-refractivity contribution in [2.75, 3.05) is 40.9 Å². The zero-order chi connectivity index (χ0) is 56.4. The average molecular weight is 1110 g/mol. The molecule has 0 aromatic rings. The van der Waals surface area contributed by atoms with E-state index in [0.717, 1.165) is 57.8 Å². The number of phosphoric acid groups is 1. The summed E-state index contributed by atoms with van der Waals surface area (Å²) < 4.78 is 30.4. The molecule has 0 saturated carbocycles. The number of quaternary nitrogens is 1. The van der Waals surface area contributed by atoms with Crippen LogP contribution in [0.1, 0.15) is 342 Å². The molecule has 3 unspecified atom stereocenters. The summed E-state index contributed by atoms with van der Waals surface area (Å²) >= 11 is 0. The van der Waals surface area contributed by atoms with Crippen LogP contribution in [0.4, 0.5) is 0 Å². The van der Waals surface area contributed by atoms with Gasteiger partial charge in [0.25, 0.3) is 7.82 Å². The predicted molar refractivity (Wildman–Crippen MR) is 330 cm³/mol. The normalized spacial score (nSPS) is 13.7. The molecule has 0 bridgehead atoms. The van der Waals surface area contributed by atoms with E-state index in [-0.39, 0.29) is 31.5 Å². The number of amides is 1. The first-order valence-corrected chi connectivity index (χ1v) is 35.1. The molecular weight excluding hydrogens is 976 g/mol. The number of likely N-dealkylation sites (N-methyl/N-ethyl adjacent to an activating group) is 1. The lowest BCUT2D eigenvalue weighted by molar-refractivity contribution is -0.870. The number of unbranched alkanes of at least 4 members (excludes halogenated alkanes) is 44. The molecule has 9 nitrogen and oxygen atoms in total. The fourth-order valence-corrected chi connectivity index (χ4v) is 10.9. The van der Waals surface area contributed by atoms with E-state index >= 15 is 0 Å². The van der Waals surface area contributed by atoms with Gasteiger partial charge in [0.15, 0.2) is 0 Å². The molecule has 10 heteroatoms. The molecular formula is C67H131N2O7P. The lowest BCUT2D eigenvalue weighted by atomic mass is 10.0. The molecule has 0 saturated heterocycles. The lowest BCUT2D eigenvalue weighted by Crippen LogP contribution is -2.47. The summed E-state index contributed by atoms with van der Waals surface area (Å²) in [6, 6.07) is -0.882. The van der Waals surface area contributed by atoms with Crippen LogP contribution < -0.4 is 10.2 Å². The molecule has 3 atom stereocenters. The SMILES string of the molecule is CCCCCCCC/C=C/CCCCCCCCCCCCCCCC(=O)OC(/C=C/CCCCCCCCCCCC)C(COP(=O)([O-])OCC[N+](C)(C)C)NC(=O)CCCCCCCCCCCCCCCCCC. The van der Waals surface area contributed by atoms with Crippen molar-refractivity contribution in [3.8, 4) is 0 Å². The maximum absolute atomic E-state index is 13.5. The molecule has 0 aliphatic rings. The van der Waals surface area contributed by atoms with E-state index in [2.05, 4.69) is 38.2 Å². The number of nitrogens with one attached hydrogen (secondary N) is 1. The standard InChI is InChI=1S/C67H131N2O7P/c1-7-10-13-16-19-22-25-28-30-32-33-34-35-36-37-38-40-42-45-48-51-54-57-60-67(71)76-65(58-55-52-49-46-43-27-24-21-18-15-12-9-3)64(63-75-77(72,73)74-62-61-69(4,5)6)68-66(70)59-56-53-50-47-44-41-39-31-29-26-23-20-17-14-11-8-2/h28,30,55,58,64-65H,7-27,29,31-54,56-57,59-63H2,1-6H3,(H-,68,70,72,73)/b30-28+,58-55+. The minimum Gasteiger partial charge on any atom is -0.756 e. The first kappa shape index (κ1) is 75.5. The molecule has 0 rings (SSSR count). The first-order chi connectivity index (χ1) is 37.4. The Morgan fingerprint density at radius 1 is 0.442 bits per heavy atom. The maximum atomic E-state index is 13.5. The topological polar surface area (TPSA) is 114 Å². The van der Waals surface area contributed by atoms with Crippen LogP contribution in [0.3, 0.4) is 0 Å². The summed E-state index contributed by atoms with van der Waals surface area (Å²) in [4.78, 5) is 40.1. The zero-order valence-electron chi connectivity index (χ0n) is 52.2. The number of carbonyl (C=O) groups excluding carboxylic acids is 2. The highest BCUT2D eigenvalue weighted by molar-refractivity contribution is 7.45. The Morgan fingerprint density at radius 3 is 1.10 bits per heavy atom. The Hall–Kier alpha value is -1.51. The summed E-state index contributed by atoms with van der Waals surface area (Å²) in [5.74, 6) is -0.521. The van der Waals surface area contributed by atoms with Crippen LogP contribution in [-0.2, 0) is 27.9 Å². The quantitative estimate of drug-likeness (QED) is 0.0212. The van der Waals surface area contributed by atoms with Crippen LogP contribution in [0.2, 0.25) is 0 Å². The van der Waals surface area contributed by atoms with Gasteiger partial charge >= 0.3 is 5.97 Å². The summed E-state index contributed by atoms with van der Waals surface area (Å²) in [6.45, 7) is 6.89. The van der Waals surface area contributed by atoms with Crippen molar-refractivity contribution in [2.24, 2.45) is 0 Å². The number of carbonyl (C=O) groups is 2. The minimum absolute atomic E-state index is 0.0181. The minimum atomic E-state index is -4.69. The van der Waals surface area contributed by atoms with Gasteiger partial charge in [0.1, 0.15) is 19.3 Å². The smallest absolute Gasteiger partial charge is 0.306 e. The zero-order valence-corrected chi connectivity index (χ0v) is 53.1. The van der Waals surface area contributed by atoms with E-state index in [1.807, 2.05) is 33.3 Å². The Labute approximate surface area is 479 Å². The summed E-state index contributed by atoms with van der Waals surface area (Å²) in [5.41, 5.74) is 0. The van der Waals surface area contributed by atoms with Crippen molar-refractivity contribution >= 4 is 19.7 Å². The fraction of sp³-hybridized carbons (Fsp3) is 0.910. The average Bonchev–Trinajstić information content (AvgIpc) is 3.39. The molecule has 0 aromatic carbocycles. The summed E-state index contributed by atoms with van der Waals surface area (Å²) in [5, 5.41) is 3.04. The van der Waals surface area contributed by atoms with Crippen LogP contribution in [0.25, 0.3) is 0 Å². The van der Waals surface area contributed by atoms with E-state index < -0.39 is 20.0 Å². The second kappa shape index (κ2) is 57.7. The molecule has 0 aliphatic carbocycles. The molecule has 0 spiro atoms. The third-order valence-electron chi connectivity index (χ3n) is 15.4. The third-order valence-corrected chi connectivity index (χ3v) is 16.3. The number of allylic oxidation sites excluding steroid dienone is 3. The van der Waals surface area contributed by atoms with Crippen LogP contribution in [0, 0.1) is 0 Å². The van der Waals surface area contributed by atoms with Gasteiger partial charge < -0.3 is 28.5 Å². The molecule has 0 radical (unpaired) electrons. The number of phosphoric ester groups is 1. The van der Waals surface area contributed by atoms with Crippen LogP contribution >= 0.6 is 7.82 Å². The van der Waals surface area contributed by atoms with Crippen molar-refractivity contribution in [3.63, 3.8) is 0 Å². The van der Waals surface area contributed by atoms with E-state index in [1.54, 1.807) is 0 Å². The van der Waals surface area contributed by atoms with Crippen molar-refractivity contribution < 1.29 is 37.3 Å². The summed E-state index contributed by atoms with van der Waals surface area (Å²) in [7, 11) is 1.20. The highest BCUT2D eigenvalue weighted by atomic mass is 31.2. The lowest BCUT2D eigenvalue weighted by Gasteiger charge is -2.30. The largest absolute Gasteiger partial charge is 0.756 e. The molecule has 0 aliphatic heterocycles. The molecule has 77 heavy (non-hydrogen) atoms. The van der Waals surface area contributed by atoms with Gasteiger partial charge in [-0.2, -0.15) is 0 Å². The van der Waals surface area contributed by atoms with Gasteiger partial charge in [-0.05, 0) is 57.4 Å². The Kier molecular flexibility index (Phi) is 56.6. The van der Waals surface area contributed by atoms with Crippen LogP contribution in [0.5, 0.6) is 0 Å². The van der Waals surface area contributed by atoms with Gasteiger partial charge in [-0.15, -0.1) is 0 Å². The second-order valence-electron chi connectivity index (χ2n) is 24.3. The van der Waals surface area contributed by atoms with E-state index in [0.29, 0.717) is 17.4 Å². The van der Waals surface area contributed by atoms with E-state index in [1.165, 1.54) is 250 Å². The van der Waals surface area contributed by atoms with Crippen LogP contribution in [-0.4, -0.2) is 69.4 Å². The molecule has 0 fully saturated rings. The molecule has 1 amide bonds. The summed E-state index contributed by atoms with van der Waals surface area (Å²) in [6.07, 6.45) is 68.6. The van der Waals surface area contributed by atoms with Crippen molar-refractivity contribution in [3.05, 3.63) is 24.3 Å². The number of nitrogens with zero attached hydrogens (tertiary/aromatic N) is 1. The second-order valence-corrected chi connectivity index (χ2v) is 25.7. The molecule has 456 valence electrons. The molecule has 0 aromatic heterocycles. The Balaban J connectivity index is 5.09. The number of esters is 1. The van der Waals surface area contributed by atoms with Crippen LogP contribution in [0.15, 0.2) is 24.3 Å². The van der Waals surface area contributed by atoms with E-state index in [9.17, 15) is 19.0 Å². The van der Waals surface area contributed by atoms with Crippen molar-refractivity contribution in [1.29, 1.82) is 0 Å². The van der Waals surface area contributed by atoms with Gasteiger partial charge in [-0.25, -0.2) is 0 Å². The highest BCUT2D eigenvalue weighted by Gasteiger charge is 2.27. The van der Waals surface area contributed by atoms with E-state index in [4.69, 9.17) is 13.8 Å². The maximum Gasteiger partial charge on any atom is 0.306 e. The fourth-order valence-electron chi connectivity index (χ4n) is 10.2. The van der Waals surface area contributed by atoms with Crippen molar-refractivity contribution in [1.82, 2.24) is 5.32 Å². The molecule has 0 heterocycles.